The SMILES string of the molecule is CCCOc1cccc(-c2ccc(NC(=O)c3ccccc3C(=O)O)cc2)c1.CCSc1cccc(-c2ccc(NC(=O)c3ccccc3C(=O)O)cc2F)c1.O=C(O)c1ccccc1C(=O)Nc1c(F)cc(-c2cccc(OCC(F)(F)F)c2)cc1F. The molecule has 14 nitrogen and oxygen atoms in total. The molecule has 0 unspecified atom stereocenters. The number of carboxylic acid groups (broad SMARTS) is 3. The van der Waals surface area contributed by atoms with Gasteiger partial charge in [0.1, 0.15) is 34.6 Å². The van der Waals surface area contributed by atoms with Gasteiger partial charge in [-0.1, -0.05) is 98.8 Å². The van der Waals surface area contributed by atoms with E-state index in [0.717, 1.165) is 51.6 Å². The minimum Gasteiger partial charge on any atom is -0.494 e. The number of aromatic carboxylic acids is 3. The van der Waals surface area contributed by atoms with E-state index in [4.69, 9.17) is 9.84 Å². The maximum absolute atomic E-state index is 14.7. The Kier molecular flexibility index (Phi) is 22.4. The number of hydrogen-bond donors (Lipinski definition) is 6. The van der Waals surface area contributed by atoms with E-state index < -0.39 is 71.6 Å². The first kappa shape index (κ1) is 64.9. The van der Waals surface area contributed by atoms with Gasteiger partial charge in [-0.25, -0.2) is 27.6 Å². The zero-order valence-corrected chi connectivity index (χ0v) is 47.5. The summed E-state index contributed by atoms with van der Waals surface area (Å²) in [7, 11) is 0. The van der Waals surface area contributed by atoms with Gasteiger partial charge in [0.05, 0.1) is 40.0 Å². The summed E-state index contributed by atoms with van der Waals surface area (Å²) in [5.41, 5.74) is 2.77. The summed E-state index contributed by atoms with van der Waals surface area (Å²) in [6.45, 7) is 3.26. The van der Waals surface area contributed by atoms with Crippen molar-refractivity contribution in [2.45, 2.75) is 31.3 Å². The molecule has 0 aromatic heterocycles. The fraction of sp³-hybridized carbons (Fsp3) is 0.104. The molecule has 0 radical (unpaired) electrons. The number of rotatable bonds is 19. The molecule has 9 aromatic rings. The van der Waals surface area contributed by atoms with Gasteiger partial charge >= 0.3 is 24.1 Å². The number of benzene rings is 9. The second kappa shape index (κ2) is 30.4. The molecular formula is C67H53F6N3O11S. The van der Waals surface area contributed by atoms with Crippen molar-refractivity contribution >= 4 is 64.5 Å². The number of carbonyl (C=O) groups excluding carboxylic acids is 3. The van der Waals surface area contributed by atoms with Crippen LogP contribution in [0.5, 0.6) is 11.5 Å². The maximum Gasteiger partial charge on any atom is 0.422 e. The molecule has 3 amide bonds. The summed E-state index contributed by atoms with van der Waals surface area (Å²) in [5.74, 6) is -7.01. The number of halogens is 6. The maximum atomic E-state index is 14.7. The lowest BCUT2D eigenvalue weighted by atomic mass is 10.0. The minimum absolute atomic E-state index is 0.0126. The van der Waals surface area contributed by atoms with E-state index >= 15 is 0 Å². The second-order valence-electron chi connectivity index (χ2n) is 18.8. The van der Waals surface area contributed by atoms with Gasteiger partial charge in [-0.05, 0) is 155 Å². The van der Waals surface area contributed by atoms with Gasteiger partial charge in [-0.15, -0.1) is 11.8 Å². The predicted octanol–water partition coefficient (Wildman–Crippen LogP) is 16.2. The number of nitrogens with one attached hydrogen (secondary N) is 3. The number of carboxylic acids is 3. The smallest absolute Gasteiger partial charge is 0.422 e. The van der Waals surface area contributed by atoms with Crippen LogP contribution in [0.2, 0.25) is 0 Å². The zero-order chi connectivity index (χ0) is 63.5. The number of anilines is 3. The standard InChI is InChI=1S/C23H21NO4.C22H14F5NO4.C22H18FNO3S/c1-2-14-28-19-7-5-6-17(15-19)16-10-12-18(13-11-16)24-22(25)20-8-3-4-9-21(20)23(26)27;23-17-9-13(12-4-3-5-14(8-12)32-11-22(25,26)27)10-18(24)19(17)28-20(29)15-6-1-2-7-16(15)21(30)31;1-2-28-16-7-5-6-14(12-16)17-11-10-15(13-20(17)23)24-21(25)18-8-3-4-9-19(18)22(26)27/h3-13,15H,2,14H2,1H3,(H,24,25)(H,26,27);1-10H,11H2,(H,28,29)(H,30,31);3-13H,2H2,1H3,(H,24,25)(H,26,27). The summed E-state index contributed by atoms with van der Waals surface area (Å²) in [6, 6.07) is 51.4. The highest BCUT2D eigenvalue weighted by atomic mass is 32.2. The molecule has 0 aliphatic heterocycles. The molecule has 21 heteroatoms. The van der Waals surface area contributed by atoms with Crippen molar-refractivity contribution in [3.8, 4) is 44.9 Å². The Morgan fingerprint density at radius 2 is 0.875 bits per heavy atom. The second-order valence-corrected chi connectivity index (χ2v) is 20.1. The van der Waals surface area contributed by atoms with E-state index in [0.29, 0.717) is 17.9 Å². The number of thioether (sulfide) groups is 1. The first-order valence-corrected chi connectivity index (χ1v) is 27.7. The fourth-order valence-electron chi connectivity index (χ4n) is 8.45. The van der Waals surface area contributed by atoms with E-state index in [1.165, 1.54) is 78.9 Å². The molecule has 0 saturated heterocycles. The van der Waals surface area contributed by atoms with Crippen LogP contribution in [0, 0.1) is 17.5 Å². The quantitative estimate of drug-likeness (QED) is 0.0329. The van der Waals surface area contributed by atoms with Gasteiger partial charge in [-0.3, -0.25) is 14.4 Å². The van der Waals surface area contributed by atoms with Crippen molar-refractivity contribution in [1.29, 1.82) is 0 Å². The Morgan fingerprint density at radius 1 is 0.432 bits per heavy atom. The Labute approximate surface area is 504 Å². The molecule has 0 aliphatic rings. The Balaban J connectivity index is 0.000000189. The minimum atomic E-state index is -4.55. The monoisotopic (exact) mass is 1220 g/mol. The third-order valence-corrected chi connectivity index (χ3v) is 13.4. The molecule has 88 heavy (non-hydrogen) atoms. The summed E-state index contributed by atoms with van der Waals surface area (Å²) < 4.78 is 91.1. The molecule has 9 rings (SSSR count). The normalized spacial score (nSPS) is 10.7. The molecule has 450 valence electrons. The largest absolute Gasteiger partial charge is 0.494 e. The van der Waals surface area contributed by atoms with Crippen LogP contribution in [0.3, 0.4) is 0 Å². The van der Waals surface area contributed by atoms with Gasteiger partial charge < -0.3 is 40.7 Å². The topological polar surface area (TPSA) is 218 Å². The van der Waals surface area contributed by atoms with Crippen LogP contribution in [0.15, 0.2) is 205 Å². The average molecular weight is 1220 g/mol. The molecule has 0 saturated carbocycles. The Bertz CT molecular complexity index is 3990. The summed E-state index contributed by atoms with van der Waals surface area (Å²) in [6.07, 6.45) is -3.60. The van der Waals surface area contributed by atoms with E-state index in [2.05, 4.69) is 29.2 Å². The summed E-state index contributed by atoms with van der Waals surface area (Å²) in [5, 5.41) is 34.9. The number of ether oxygens (including phenoxy) is 2. The van der Waals surface area contributed by atoms with E-state index in [1.807, 2.05) is 66.0 Å². The highest BCUT2D eigenvalue weighted by Crippen LogP contribution is 2.33. The van der Waals surface area contributed by atoms with Gasteiger partial charge in [0.15, 0.2) is 6.61 Å². The van der Waals surface area contributed by atoms with Crippen molar-refractivity contribution in [3.63, 3.8) is 0 Å². The van der Waals surface area contributed by atoms with Crippen LogP contribution in [0.25, 0.3) is 33.4 Å². The summed E-state index contributed by atoms with van der Waals surface area (Å²) >= 11 is 1.68. The number of hydrogen-bond acceptors (Lipinski definition) is 9. The van der Waals surface area contributed by atoms with Crippen molar-refractivity contribution in [3.05, 3.63) is 251 Å². The molecule has 0 heterocycles. The van der Waals surface area contributed by atoms with Crippen molar-refractivity contribution in [2.24, 2.45) is 0 Å². The number of carbonyl (C=O) groups is 6. The van der Waals surface area contributed by atoms with Gasteiger partial charge in [0.2, 0.25) is 0 Å². The Morgan fingerprint density at radius 3 is 1.35 bits per heavy atom. The van der Waals surface area contributed by atoms with Crippen molar-refractivity contribution in [2.75, 3.05) is 34.9 Å². The van der Waals surface area contributed by atoms with Crippen LogP contribution in [-0.2, 0) is 0 Å². The lowest BCUT2D eigenvalue weighted by molar-refractivity contribution is -0.153. The molecule has 0 fully saturated rings. The first-order valence-electron chi connectivity index (χ1n) is 26.7. The first-order chi connectivity index (χ1) is 42.1. The number of alkyl halides is 3. The van der Waals surface area contributed by atoms with E-state index in [9.17, 15) is 65.3 Å². The Hall–Kier alpha value is -10.7. The predicted molar refractivity (Wildman–Crippen MR) is 323 cm³/mol. The van der Waals surface area contributed by atoms with Crippen molar-refractivity contribution < 1.29 is 79.9 Å². The molecule has 0 atom stereocenters. The van der Waals surface area contributed by atoms with Crippen LogP contribution >= 0.6 is 11.8 Å². The summed E-state index contributed by atoms with van der Waals surface area (Å²) in [4.78, 5) is 72.1. The van der Waals surface area contributed by atoms with Crippen LogP contribution in [0.4, 0.5) is 43.4 Å². The van der Waals surface area contributed by atoms with Crippen LogP contribution in [0.1, 0.15) is 82.4 Å². The highest BCUT2D eigenvalue weighted by Gasteiger charge is 2.29. The molecule has 0 bridgehead atoms. The van der Waals surface area contributed by atoms with E-state index in [1.54, 1.807) is 60.3 Å². The zero-order valence-electron chi connectivity index (χ0n) is 46.7. The third-order valence-electron chi connectivity index (χ3n) is 12.5. The molecule has 0 spiro atoms. The number of amides is 3. The van der Waals surface area contributed by atoms with Gasteiger partial charge in [0, 0.05) is 21.8 Å². The highest BCUT2D eigenvalue weighted by molar-refractivity contribution is 7.99. The lowest BCUT2D eigenvalue weighted by Gasteiger charge is -2.13. The van der Waals surface area contributed by atoms with Gasteiger partial charge in [0.25, 0.3) is 17.7 Å². The molecule has 0 aliphatic carbocycles. The van der Waals surface area contributed by atoms with Crippen LogP contribution in [-0.4, -0.2) is 76.1 Å². The van der Waals surface area contributed by atoms with E-state index in [-0.39, 0.29) is 55.9 Å². The van der Waals surface area contributed by atoms with Gasteiger partial charge in [-0.2, -0.15) is 13.2 Å². The van der Waals surface area contributed by atoms with Crippen molar-refractivity contribution in [1.82, 2.24) is 0 Å². The molecular weight excluding hydrogens is 1170 g/mol. The average Bonchev–Trinajstić information content (AvgIpc) is 2.62. The molecule has 6 N–H and O–H groups in total. The van der Waals surface area contributed by atoms with Crippen LogP contribution < -0.4 is 25.4 Å². The third kappa shape index (κ3) is 17.9. The molecule has 9 aromatic carbocycles. The lowest BCUT2D eigenvalue weighted by Crippen LogP contribution is -2.19. The fourth-order valence-corrected chi connectivity index (χ4v) is 9.17.